The second-order valence-corrected chi connectivity index (χ2v) is 9.53. The Morgan fingerprint density at radius 1 is 0.462 bits per heavy atom. The first kappa shape index (κ1) is 18.1. The van der Waals surface area contributed by atoms with Gasteiger partial charge in [-0.1, -0.05) is 21.6 Å². The van der Waals surface area contributed by atoms with Crippen LogP contribution in [0.2, 0.25) is 0 Å². The van der Waals surface area contributed by atoms with Crippen molar-refractivity contribution in [3.63, 3.8) is 0 Å². The molecule has 0 aliphatic carbocycles. The first-order valence-electron chi connectivity index (χ1n) is 9.93. The van der Waals surface area contributed by atoms with Crippen LogP contribution in [-0.4, -0.2) is 26.2 Å². The van der Waals surface area contributed by atoms with E-state index in [4.69, 9.17) is 0 Å². The summed E-state index contributed by atoms with van der Waals surface area (Å²) in [5, 5.41) is 0. The van der Waals surface area contributed by atoms with Crippen molar-refractivity contribution in [2.45, 2.75) is 48.3 Å². The van der Waals surface area contributed by atoms with Crippen molar-refractivity contribution in [2.24, 2.45) is 0 Å². The summed E-state index contributed by atoms with van der Waals surface area (Å²) in [6, 6.07) is 18.2. The van der Waals surface area contributed by atoms with E-state index in [-0.39, 0.29) is 0 Å². The van der Waals surface area contributed by atoms with Gasteiger partial charge in [0, 0.05) is 47.3 Å². The Bertz CT molecular complexity index is 611. The van der Waals surface area contributed by atoms with E-state index < -0.39 is 0 Å². The normalized spacial score (nSPS) is 18.2. The molecule has 2 nitrogen and oxygen atoms in total. The average molecular weight is 385 g/mol. The maximum Gasteiger partial charge on any atom is 0.0366 e. The van der Waals surface area contributed by atoms with Gasteiger partial charge in [0.2, 0.25) is 0 Å². The van der Waals surface area contributed by atoms with Crippen LogP contribution in [0.15, 0.2) is 58.3 Å². The zero-order valence-electron chi connectivity index (χ0n) is 15.4. The van der Waals surface area contributed by atoms with Crippen molar-refractivity contribution in [1.29, 1.82) is 0 Å². The molecule has 2 aliphatic heterocycles. The molecule has 0 saturated carbocycles. The van der Waals surface area contributed by atoms with E-state index in [2.05, 4.69) is 58.3 Å². The van der Waals surface area contributed by atoms with Gasteiger partial charge in [-0.2, -0.15) is 0 Å². The Kier molecular flexibility index (Phi) is 6.34. The van der Waals surface area contributed by atoms with E-state index in [1.165, 1.54) is 85.9 Å². The summed E-state index contributed by atoms with van der Waals surface area (Å²) in [5.74, 6) is 0. The minimum absolute atomic E-state index is 1.21. The van der Waals surface area contributed by atoms with Gasteiger partial charge in [0.25, 0.3) is 0 Å². The third kappa shape index (κ3) is 4.72. The topological polar surface area (TPSA) is 6.48 Å². The maximum absolute atomic E-state index is 2.52. The molecular formula is C22H28N2S2. The molecule has 0 bridgehead atoms. The van der Waals surface area contributed by atoms with Gasteiger partial charge in [-0.15, -0.1) is 0 Å². The maximum atomic E-state index is 2.52. The van der Waals surface area contributed by atoms with Crippen LogP contribution in [0.1, 0.15) is 38.5 Å². The number of hydrogen-bond donors (Lipinski definition) is 0. The van der Waals surface area contributed by atoms with Crippen LogP contribution < -0.4 is 9.80 Å². The van der Waals surface area contributed by atoms with E-state index in [1.807, 2.05) is 21.6 Å². The summed E-state index contributed by atoms with van der Waals surface area (Å²) in [5.41, 5.74) is 2.76. The van der Waals surface area contributed by atoms with Crippen molar-refractivity contribution >= 4 is 33.0 Å². The molecule has 2 fully saturated rings. The molecule has 0 N–H and O–H groups in total. The molecule has 0 unspecified atom stereocenters. The van der Waals surface area contributed by atoms with Gasteiger partial charge >= 0.3 is 0 Å². The quantitative estimate of drug-likeness (QED) is 0.545. The summed E-state index contributed by atoms with van der Waals surface area (Å²) in [6.45, 7) is 4.85. The van der Waals surface area contributed by atoms with Crippen molar-refractivity contribution in [3.8, 4) is 0 Å². The molecule has 138 valence electrons. The SMILES string of the molecule is c1cc(N2CCCCC2)ccc1SSc1ccc(N2CCCCC2)cc1. The first-order chi connectivity index (χ1) is 12.9. The lowest BCUT2D eigenvalue weighted by Gasteiger charge is -2.29. The first-order valence-corrected chi connectivity index (χ1v) is 12.1. The van der Waals surface area contributed by atoms with Crippen molar-refractivity contribution in [1.82, 2.24) is 0 Å². The standard InChI is InChI=1S/C22H28N2S2/c1-3-15-23(16-4-1)19-7-11-21(12-8-19)25-26-22-13-9-20(10-14-22)24-17-5-2-6-18-24/h7-14H,1-6,15-18H2. The fourth-order valence-corrected chi connectivity index (χ4v) is 5.76. The predicted octanol–water partition coefficient (Wildman–Crippen LogP) is 6.47. The van der Waals surface area contributed by atoms with E-state index in [0.29, 0.717) is 0 Å². The predicted molar refractivity (Wildman–Crippen MR) is 117 cm³/mol. The molecule has 4 rings (SSSR count). The van der Waals surface area contributed by atoms with Gasteiger partial charge in [0.15, 0.2) is 0 Å². The summed E-state index contributed by atoms with van der Waals surface area (Å²) >= 11 is 0. The molecule has 2 heterocycles. The van der Waals surface area contributed by atoms with Crippen molar-refractivity contribution in [2.75, 3.05) is 36.0 Å². The Morgan fingerprint density at radius 3 is 1.15 bits per heavy atom. The fourth-order valence-electron chi connectivity index (χ4n) is 3.83. The Hall–Kier alpha value is -1.26. The van der Waals surface area contributed by atoms with Gasteiger partial charge in [-0.25, -0.2) is 0 Å². The van der Waals surface area contributed by atoms with Crippen LogP contribution in [-0.2, 0) is 0 Å². The van der Waals surface area contributed by atoms with Crippen LogP contribution >= 0.6 is 21.6 Å². The monoisotopic (exact) mass is 384 g/mol. The highest BCUT2D eigenvalue weighted by Crippen LogP contribution is 2.38. The molecule has 2 saturated heterocycles. The van der Waals surface area contributed by atoms with Gasteiger partial charge < -0.3 is 9.80 Å². The number of hydrogen-bond acceptors (Lipinski definition) is 4. The second kappa shape index (κ2) is 9.09. The van der Waals surface area contributed by atoms with E-state index in [1.54, 1.807) is 0 Å². The van der Waals surface area contributed by atoms with E-state index >= 15 is 0 Å². The molecule has 26 heavy (non-hydrogen) atoms. The zero-order valence-corrected chi connectivity index (χ0v) is 17.0. The van der Waals surface area contributed by atoms with E-state index in [9.17, 15) is 0 Å². The lowest BCUT2D eigenvalue weighted by atomic mass is 10.1. The fraction of sp³-hybridized carbons (Fsp3) is 0.455. The van der Waals surface area contributed by atoms with Gasteiger partial charge in [0.1, 0.15) is 0 Å². The highest BCUT2D eigenvalue weighted by atomic mass is 33.1. The summed E-state index contributed by atoms with van der Waals surface area (Å²) in [4.78, 5) is 7.70. The Labute approximate surface area is 165 Å². The van der Waals surface area contributed by atoms with Crippen LogP contribution in [0, 0.1) is 0 Å². The largest absolute Gasteiger partial charge is 0.372 e. The number of anilines is 2. The molecule has 0 aromatic heterocycles. The van der Waals surface area contributed by atoms with Gasteiger partial charge in [-0.3, -0.25) is 0 Å². The smallest absolute Gasteiger partial charge is 0.0366 e. The molecule has 0 amide bonds. The molecule has 0 spiro atoms. The molecule has 0 radical (unpaired) electrons. The van der Waals surface area contributed by atoms with Crippen molar-refractivity contribution in [3.05, 3.63) is 48.5 Å². The third-order valence-electron chi connectivity index (χ3n) is 5.35. The van der Waals surface area contributed by atoms with Gasteiger partial charge in [-0.05, 0) is 87.1 Å². The molecule has 4 heteroatoms. The van der Waals surface area contributed by atoms with Crippen molar-refractivity contribution < 1.29 is 0 Å². The van der Waals surface area contributed by atoms with Crippen LogP contribution in [0.25, 0.3) is 0 Å². The lowest BCUT2D eigenvalue weighted by Crippen LogP contribution is -2.29. The Balaban J connectivity index is 1.30. The second-order valence-electron chi connectivity index (χ2n) is 7.25. The van der Waals surface area contributed by atoms with Crippen LogP contribution in [0.4, 0.5) is 11.4 Å². The summed E-state index contributed by atoms with van der Waals surface area (Å²) in [6.07, 6.45) is 8.11. The Morgan fingerprint density at radius 2 is 0.808 bits per heavy atom. The number of nitrogens with zero attached hydrogens (tertiary/aromatic N) is 2. The number of benzene rings is 2. The average Bonchev–Trinajstić information content (AvgIpc) is 2.74. The number of rotatable bonds is 5. The highest BCUT2D eigenvalue weighted by Gasteiger charge is 2.12. The minimum Gasteiger partial charge on any atom is -0.372 e. The summed E-state index contributed by atoms with van der Waals surface area (Å²) in [7, 11) is 3.71. The van der Waals surface area contributed by atoms with E-state index in [0.717, 1.165) is 0 Å². The summed E-state index contributed by atoms with van der Waals surface area (Å²) < 4.78 is 0. The van der Waals surface area contributed by atoms with Crippen LogP contribution in [0.3, 0.4) is 0 Å². The molecular weight excluding hydrogens is 356 g/mol. The highest BCUT2D eigenvalue weighted by molar-refractivity contribution is 8.76. The molecule has 2 aromatic carbocycles. The van der Waals surface area contributed by atoms with Gasteiger partial charge in [0.05, 0.1) is 0 Å². The lowest BCUT2D eigenvalue weighted by molar-refractivity contribution is 0.578. The van der Waals surface area contributed by atoms with Crippen LogP contribution in [0.5, 0.6) is 0 Å². The zero-order chi connectivity index (χ0) is 17.6. The third-order valence-corrected chi connectivity index (χ3v) is 7.77. The molecule has 2 aromatic rings. The number of piperidine rings is 2. The molecule has 0 atom stereocenters. The molecule has 2 aliphatic rings. The minimum atomic E-state index is 1.21.